The predicted molar refractivity (Wildman–Crippen MR) is 123 cm³/mol. The van der Waals surface area contributed by atoms with Crippen molar-refractivity contribution in [2.45, 2.75) is 29.8 Å². The third-order valence-corrected chi connectivity index (χ3v) is 9.87. The van der Waals surface area contributed by atoms with Gasteiger partial charge in [-0.3, -0.25) is 0 Å². The SMILES string of the molecule is COc1c([As](C)CCNc2ccccn2)c(F)c(N)c2c(=O)c(C(=O)O)cn(C3CC3)c12. The van der Waals surface area contributed by atoms with Gasteiger partial charge in [-0.25, -0.2) is 0 Å². The Morgan fingerprint density at radius 1 is 1.44 bits per heavy atom. The number of benzene rings is 1. The number of carboxylic acid groups (broad SMARTS) is 1. The third-order valence-electron chi connectivity index (χ3n) is 5.55. The van der Waals surface area contributed by atoms with Crippen LogP contribution in [0, 0.1) is 5.82 Å². The molecule has 3 aromatic rings. The van der Waals surface area contributed by atoms with Gasteiger partial charge >= 0.3 is 188 Å². The molecule has 4 N–H and O–H groups in total. The quantitative estimate of drug-likeness (QED) is 0.320. The van der Waals surface area contributed by atoms with Gasteiger partial charge < -0.3 is 0 Å². The number of methoxy groups -OCH3 is 1. The van der Waals surface area contributed by atoms with E-state index in [0.29, 0.717) is 21.6 Å². The number of nitrogens with two attached hydrogens (primary N) is 1. The zero-order valence-electron chi connectivity index (χ0n) is 17.8. The van der Waals surface area contributed by atoms with Gasteiger partial charge in [0.25, 0.3) is 0 Å². The molecule has 1 aromatic carbocycles. The van der Waals surface area contributed by atoms with E-state index in [1.165, 1.54) is 13.3 Å². The third kappa shape index (κ3) is 3.93. The number of aromatic nitrogens is 2. The summed E-state index contributed by atoms with van der Waals surface area (Å²) in [7, 11) is 1.44. The van der Waals surface area contributed by atoms with Crippen LogP contribution in [0.3, 0.4) is 0 Å². The molecule has 1 aliphatic rings. The van der Waals surface area contributed by atoms with Crippen molar-refractivity contribution in [2.75, 3.05) is 24.7 Å². The Bertz CT molecular complexity index is 1240. The first-order chi connectivity index (χ1) is 15.3. The molecule has 1 aliphatic carbocycles. The first-order valence-electron chi connectivity index (χ1n) is 10.2. The van der Waals surface area contributed by atoms with E-state index in [0.717, 1.165) is 18.7 Å². The number of anilines is 2. The molecule has 4 rings (SSSR count). The van der Waals surface area contributed by atoms with Gasteiger partial charge in [0.05, 0.1) is 0 Å². The zero-order valence-corrected chi connectivity index (χ0v) is 19.6. The van der Waals surface area contributed by atoms with Gasteiger partial charge in [0.15, 0.2) is 0 Å². The molecule has 10 heteroatoms. The predicted octanol–water partition coefficient (Wildman–Crippen LogP) is 2.60. The summed E-state index contributed by atoms with van der Waals surface area (Å²) in [5.41, 5.74) is 6.99. The van der Waals surface area contributed by atoms with Crippen LogP contribution in [0.25, 0.3) is 10.9 Å². The van der Waals surface area contributed by atoms with Crippen molar-refractivity contribution < 1.29 is 19.0 Å². The molecule has 0 radical (unpaired) electrons. The van der Waals surface area contributed by atoms with E-state index >= 15 is 4.39 Å². The molecular weight excluding hydrogens is 478 g/mol. The number of ether oxygens (including phenoxy) is 1. The second-order valence-corrected chi connectivity index (χ2v) is 12.5. The summed E-state index contributed by atoms with van der Waals surface area (Å²) >= 11 is -2.00. The molecule has 8 nitrogen and oxygen atoms in total. The van der Waals surface area contributed by atoms with Crippen molar-refractivity contribution in [3.05, 3.63) is 52.2 Å². The van der Waals surface area contributed by atoms with Crippen molar-refractivity contribution in [3.63, 3.8) is 0 Å². The Kier molecular flexibility index (Phi) is 6.10. The van der Waals surface area contributed by atoms with Crippen LogP contribution in [0.2, 0.25) is 10.9 Å². The second-order valence-electron chi connectivity index (χ2n) is 7.71. The number of nitrogens with one attached hydrogen (secondary N) is 1. The molecule has 0 spiro atoms. The number of halogens is 1. The van der Waals surface area contributed by atoms with Gasteiger partial charge in [-0.15, -0.1) is 0 Å². The van der Waals surface area contributed by atoms with Crippen LogP contribution in [-0.4, -0.2) is 48.9 Å². The molecule has 1 saturated carbocycles. The van der Waals surface area contributed by atoms with Gasteiger partial charge in [0.1, 0.15) is 0 Å². The Balaban J connectivity index is 1.82. The van der Waals surface area contributed by atoms with Crippen LogP contribution in [0.4, 0.5) is 15.9 Å². The summed E-state index contributed by atoms with van der Waals surface area (Å²) in [4.78, 5) is 28.8. The topological polar surface area (TPSA) is 119 Å². The Morgan fingerprint density at radius 3 is 2.78 bits per heavy atom. The van der Waals surface area contributed by atoms with Crippen molar-refractivity contribution >= 4 is 47.4 Å². The number of carboxylic acids is 1. The molecule has 0 amide bonds. The van der Waals surface area contributed by atoms with Crippen LogP contribution in [0.15, 0.2) is 35.4 Å². The van der Waals surface area contributed by atoms with E-state index in [-0.39, 0.29) is 22.9 Å². The molecule has 1 fully saturated rings. The zero-order chi connectivity index (χ0) is 23.0. The molecule has 2 heterocycles. The normalized spacial score (nSPS) is 14.3. The van der Waals surface area contributed by atoms with E-state index in [2.05, 4.69) is 10.3 Å². The maximum absolute atomic E-state index is 15.5. The standard InChI is InChI=1S/C22H24AsFN4O4/c1-23(8-10-27-14-5-3-4-9-26-14)16-17(24)18(25)15-19(21(16)32-2)28(12-6-7-12)11-13(20(15)29)22(30)31/h3-5,9,11-12H,6-8,10,25H2,1-2H3,(H,26,27)(H,30,31). The molecule has 0 bridgehead atoms. The maximum atomic E-state index is 15.5. The summed E-state index contributed by atoms with van der Waals surface area (Å²) in [5, 5.41) is 13.3. The van der Waals surface area contributed by atoms with Crippen LogP contribution < -0.4 is 25.6 Å². The summed E-state index contributed by atoms with van der Waals surface area (Å²) < 4.78 is 23.3. The molecule has 0 saturated heterocycles. The number of rotatable bonds is 8. The fraction of sp³-hybridized carbons (Fsp3) is 0.318. The molecule has 1 unspecified atom stereocenters. The van der Waals surface area contributed by atoms with Gasteiger partial charge in [-0.1, -0.05) is 0 Å². The van der Waals surface area contributed by atoms with Crippen LogP contribution in [-0.2, 0) is 0 Å². The summed E-state index contributed by atoms with van der Waals surface area (Å²) in [5.74, 6) is -1.02. The number of pyridine rings is 2. The van der Waals surface area contributed by atoms with Crippen LogP contribution in [0.1, 0.15) is 29.2 Å². The molecule has 2 aromatic heterocycles. The second kappa shape index (κ2) is 8.82. The Morgan fingerprint density at radius 2 is 2.19 bits per heavy atom. The monoisotopic (exact) mass is 502 g/mol. The van der Waals surface area contributed by atoms with Gasteiger partial charge in [0.2, 0.25) is 0 Å². The van der Waals surface area contributed by atoms with Gasteiger partial charge in [0, 0.05) is 0 Å². The van der Waals surface area contributed by atoms with Crippen molar-refractivity contribution in [2.24, 2.45) is 0 Å². The van der Waals surface area contributed by atoms with Crippen LogP contribution in [0.5, 0.6) is 5.75 Å². The number of carbonyl (C=O) groups is 1. The fourth-order valence-corrected chi connectivity index (χ4v) is 7.33. The van der Waals surface area contributed by atoms with E-state index in [1.54, 1.807) is 10.8 Å². The number of nitrogen functional groups attached to an aromatic ring is 1. The minimum atomic E-state index is -2.00. The Labute approximate surface area is 188 Å². The van der Waals surface area contributed by atoms with E-state index < -0.39 is 37.4 Å². The summed E-state index contributed by atoms with van der Waals surface area (Å²) in [6, 6.07) is 5.60. The van der Waals surface area contributed by atoms with Gasteiger partial charge in [-0.05, 0) is 0 Å². The number of aromatic carboxylic acids is 1. The van der Waals surface area contributed by atoms with Crippen molar-refractivity contribution in [3.8, 4) is 5.75 Å². The van der Waals surface area contributed by atoms with Crippen LogP contribution >= 0.6 is 0 Å². The number of hydrogen-bond donors (Lipinski definition) is 3. The first-order valence-corrected chi connectivity index (χ1v) is 14.3. The molecule has 168 valence electrons. The van der Waals surface area contributed by atoms with Crippen molar-refractivity contribution in [1.82, 2.24) is 9.55 Å². The van der Waals surface area contributed by atoms with E-state index in [4.69, 9.17) is 10.5 Å². The molecule has 0 aliphatic heterocycles. The molecule has 1 atom stereocenters. The fourth-order valence-electron chi connectivity index (χ4n) is 3.82. The minimum absolute atomic E-state index is 0.0337. The first kappa shape index (κ1) is 22.1. The summed E-state index contributed by atoms with van der Waals surface area (Å²) in [6.07, 6.45) is 4.71. The van der Waals surface area contributed by atoms with Crippen molar-refractivity contribution in [1.29, 1.82) is 0 Å². The average Bonchev–Trinajstić information content (AvgIpc) is 3.61. The Hall–Kier alpha value is -3.06. The van der Waals surface area contributed by atoms with Gasteiger partial charge in [-0.2, -0.15) is 0 Å². The summed E-state index contributed by atoms with van der Waals surface area (Å²) in [6.45, 7) is 0.599. The van der Waals surface area contributed by atoms with E-state index in [1.807, 2.05) is 23.9 Å². The molecular formula is C22H24AsFN4O4. The molecule has 32 heavy (non-hydrogen) atoms. The number of hydrogen-bond acceptors (Lipinski definition) is 6. The number of nitrogens with zero attached hydrogens (tertiary/aromatic N) is 2. The number of fused-ring (bicyclic) bond motifs is 1. The average molecular weight is 502 g/mol. The van der Waals surface area contributed by atoms with E-state index in [9.17, 15) is 14.7 Å².